The highest BCUT2D eigenvalue weighted by atomic mass is 16.3. The van der Waals surface area contributed by atoms with Crippen LogP contribution < -0.4 is 5.73 Å². The minimum atomic E-state index is -2.61. The quantitative estimate of drug-likeness (QED) is 0.416. The number of likely N-dealkylation sites (N-methyl/N-ethyl adjacent to an activating group) is 1. The summed E-state index contributed by atoms with van der Waals surface area (Å²) in [5, 5.41) is 43.9. The maximum atomic E-state index is 13.6. The lowest BCUT2D eigenvalue weighted by molar-refractivity contribution is -0.153. The molecule has 0 bridgehead atoms. The number of carbonyl (C=O) groups excluding carboxylic acids is 3. The van der Waals surface area contributed by atoms with Crippen LogP contribution in [-0.2, 0) is 20.8 Å². The second-order valence-electron chi connectivity index (χ2n) is 9.17. The van der Waals surface area contributed by atoms with Gasteiger partial charge in [-0.25, -0.2) is 0 Å². The predicted molar refractivity (Wildman–Crippen MR) is 114 cm³/mol. The molecule has 0 spiro atoms. The fraction of sp³-hybridized carbons (Fsp3) is 0.435. The van der Waals surface area contributed by atoms with Crippen molar-refractivity contribution in [3.8, 4) is 5.75 Å². The van der Waals surface area contributed by atoms with E-state index in [9.17, 15) is 34.8 Å². The number of primary amides is 1. The van der Waals surface area contributed by atoms with Crippen LogP contribution in [0.3, 0.4) is 0 Å². The Morgan fingerprint density at radius 3 is 2.34 bits per heavy atom. The highest BCUT2D eigenvalue weighted by molar-refractivity contribution is 6.24. The van der Waals surface area contributed by atoms with Crippen LogP contribution in [0.5, 0.6) is 5.75 Å². The first-order valence-corrected chi connectivity index (χ1v) is 10.3. The predicted octanol–water partition coefficient (Wildman–Crippen LogP) is 0.581. The number of aliphatic hydroxyl groups excluding tert-OH is 2. The molecule has 3 aliphatic carbocycles. The zero-order chi connectivity index (χ0) is 23.9. The van der Waals surface area contributed by atoms with Crippen molar-refractivity contribution in [2.75, 3.05) is 14.1 Å². The molecule has 0 aromatic heterocycles. The van der Waals surface area contributed by atoms with Gasteiger partial charge in [0, 0.05) is 11.5 Å². The molecule has 4 atom stereocenters. The molecule has 170 valence electrons. The van der Waals surface area contributed by atoms with E-state index in [-0.39, 0.29) is 23.3 Å². The van der Waals surface area contributed by atoms with Crippen molar-refractivity contribution in [3.05, 3.63) is 45.2 Å². The van der Waals surface area contributed by atoms with E-state index in [1.807, 2.05) is 6.92 Å². The summed E-state index contributed by atoms with van der Waals surface area (Å²) in [6.45, 7) is 3.51. The number of hydrogen-bond donors (Lipinski definition) is 5. The summed E-state index contributed by atoms with van der Waals surface area (Å²) in [6.07, 6.45) is 0.383. The van der Waals surface area contributed by atoms with Crippen molar-refractivity contribution >= 4 is 23.2 Å². The Bertz CT molecular complexity index is 1160. The normalized spacial score (nSPS) is 29.8. The van der Waals surface area contributed by atoms with Crippen molar-refractivity contribution in [2.24, 2.45) is 17.6 Å². The summed E-state index contributed by atoms with van der Waals surface area (Å²) in [5.74, 6) is -6.37. The number of aliphatic hydroxyl groups is 3. The van der Waals surface area contributed by atoms with Gasteiger partial charge in [0.1, 0.15) is 22.8 Å². The van der Waals surface area contributed by atoms with Crippen molar-refractivity contribution in [1.29, 1.82) is 0 Å². The lowest BCUT2D eigenvalue weighted by atomic mass is 9.57. The third-order valence-corrected chi connectivity index (χ3v) is 7.13. The number of nitrogens with zero attached hydrogens (tertiary/aromatic N) is 1. The van der Waals surface area contributed by atoms with Crippen molar-refractivity contribution in [2.45, 2.75) is 38.3 Å². The lowest BCUT2D eigenvalue weighted by Gasteiger charge is -2.50. The molecule has 0 unspecified atom stereocenters. The molecular weight excluding hydrogens is 416 g/mol. The smallest absolute Gasteiger partial charge is 0.255 e. The van der Waals surface area contributed by atoms with Crippen molar-refractivity contribution < 1.29 is 34.8 Å². The molecule has 1 aromatic rings. The summed E-state index contributed by atoms with van der Waals surface area (Å²) in [7, 11) is 3.14. The number of nitrogens with two attached hydrogens (primary N) is 1. The molecule has 0 saturated heterocycles. The van der Waals surface area contributed by atoms with Crippen LogP contribution in [0.2, 0.25) is 0 Å². The van der Waals surface area contributed by atoms with E-state index in [2.05, 4.69) is 0 Å². The van der Waals surface area contributed by atoms with Crippen LogP contribution in [0.15, 0.2) is 23.0 Å². The topological polar surface area (TPSA) is 161 Å². The first-order chi connectivity index (χ1) is 14.8. The molecule has 0 radical (unpaired) electrons. The fourth-order valence-corrected chi connectivity index (χ4v) is 5.67. The standard InChI is InChI=1S/C23H26N2O7/c1-8-5-9(2)17(26)14-11(8)6-10-7-12-16(25(3)4)19(28)15(22(24)31)21(30)23(12,32)20(29)13(10)18(14)27/h5,10,12,16,26-27,30,32H,6-7H2,1-4H3,(H2,24,31)/t10-,12-,16-,23-/m0/s1. The zero-order valence-corrected chi connectivity index (χ0v) is 18.3. The van der Waals surface area contributed by atoms with E-state index in [1.165, 1.54) is 4.90 Å². The molecule has 1 amide bonds. The third kappa shape index (κ3) is 2.61. The van der Waals surface area contributed by atoms with E-state index in [1.54, 1.807) is 27.1 Å². The molecule has 32 heavy (non-hydrogen) atoms. The van der Waals surface area contributed by atoms with Gasteiger partial charge in [0.25, 0.3) is 5.91 Å². The minimum Gasteiger partial charge on any atom is -0.508 e. The Morgan fingerprint density at radius 2 is 1.78 bits per heavy atom. The summed E-state index contributed by atoms with van der Waals surface area (Å²) in [5.41, 5.74) is 3.88. The highest BCUT2D eigenvalue weighted by Crippen LogP contribution is 2.53. The van der Waals surface area contributed by atoms with Gasteiger partial charge in [0.15, 0.2) is 11.4 Å². The van der Waals surface area contributed by atoms with E-state index in [4.69, 9.17) is 5.73 Å². The van der Waals surface area contributed by atoms with Gasteiger partial charge in [0.05, 0.1) is 11.6 Å². The van der Waals surface area contributed by atoms with Crippen LogP contribution in [0.4, 0.5) is 0 Å². The molecule has 1 aromatic carbocycles. The van der Waals surface area contributed by atoms with E-state index >= 15 is 0 Å². The zero-order valence-electron chi connectivity index (χ0n) is 18.3. The number of amides is 1. The number of hydrogen-bond acceptors (Lipinski definition) is 8. The Hall–Kier alpha value is -3.17. The number of phenolic OH excluding ortho intramolecular Hbond substituents is 1. The number of fused-ring (bicyclic) bond motifs is 3. The number of ketones is 2. The number of benzene rings is 1. The number of aromatic hydroxyl groups is 1. The number of carbonyl (C=O) groups is 3. The Labute approximate surface area is 184 Å². The molecule has 6 N–H and O–H groups in total. The number of Topliss-reactive ketones (excluding diaryl/α,β-unsaturated/α-hetero) is 2. The molecule has 3 aliphatic rings. The molecular formula is C23H26N2O7. The van der Waals surface area contributed by atoms with Crippen molar-refractivity contribution in [1.82, 2.24) is 4.90 Å². The van der Waals surface area contributed by atoms with Gasteiger partial charge in [-0.05, 0) is 63.4 Å². The first kappa shape index (κ1) is 22.0. The molecule has 0 heterocycles. The van der Waals surface area contributed by atoms with Gasteiger partial charge >= 0.3 is 0 Å². The van der Waals surface area contributed by atoms with Crippen LogP contribution in [0.1, 0.15) is 28.7 Å². The van der Waals surface area contributed by atoms with Crippen LogP contribution >= 0.6 is 0 Å². The molecule has 0 aliphatic heterocycles. The SMILES string of the molecule is Cc1cc(C)c2c(c1O)C(O)=C1C(=O)[C@]3(O)C(O)=C(C(N)=O)C(=O)[C@@H](N(C)C)[C@@H]3C[C@@H]1C2. The summed E-state index contributed by atoms with van der Waals surface area (Å²) < 4.78 is 0. The third-order valence-electron chi connectivity index (χ3n) is 7.13. The Morgan fingerprint density at radius 1 is 1.16 bits per heavy atom. The minimum absolute atomic E-state index is 0.0832. The van der Waals surface area contributed by atoms with Crippen LogP contribution in [0, 0.1) is 25.7 Å². The maximum absolute atomic E-state index is 13.6. The molecule has 1 saturated carbocycles. The molecule has 9 nitrogen and oxygen atoms in total. The Kier molecular flexibility index (Phi) is 4.76. The number of aryl methyl sites for hydroxylation is 2. The summed E-state index contributed by atoms with van der Waals surface area (Å²) in [4.78, 5) is 40.1. The van der Waals surface area contributed by atoms with E-state index in [0.717, 1.165) is 5.56 Å². The van der Waals surface area contributed by atoms with Gasteiger partial charge in [-0.2, -0.15) is 0 Å². The first-order valence-electron chi connectivity index (χ1n) is 10.3. The second kappa shape index (κ2) is 6.91. The van der Waals surface area contributed by atoms with E-state index < -0.39 is 58.0 Å². The number of rotatable bonds is 2. The summed E-state index contributed by atoms with van der Waals surface area (Å²) in [6, 6.07) is 0.702. The van der Waals surface area contributed by atoms with Crippen LogP contribution in [0.25, 0.3) is 5.76 Å². The molecule has 4 rings (SSSR count). The maximum Gasteiger partial charge on any atom is 0.255 e. The number of phenols is 1. The second-order valence-corrected chi connectivity index (χ2v) is 9.17. The van der Waals surface area contributed by atoms with E-state index in [0.29, 0.717) is 17.5 Å². The van der Waals surface area contributed by atoms with Gasteiger partial charge in [-0.3, -0.25) is 19.3 Å². The fourth-order valence-electron chi connectivity index (χ4n) is 5.67. The van der Waals surface area contributed by atoms with Gasteiger partial charge in [-0.15, -0.1) is 0 Å². The van der Waals surface area contributed by atoms with Gasteiger partial charge < -0.3 is 26.2 Å². The van der Waals surface area contributed by atoms with Crippen molar-refractivity contribution in [3.63, 3.8) is 0 Å². The lowest BCUT2D eigenvalue weighted by Crippen LogP contribution is -2.65. The average molecular weight is 442 g/mol. The summed E-state index contributed by atoms with van der Waals surface area (Å²) >= 11 is 0. The Balaban J connectivity index is 2.00. The largest absolute Gasteiger partial charge is 0.508 e. The monoisotopic (exact) mass is 442 g/mol. The van der Waals surface area contributed by atoms with Crippen LogP contribution in [-0.4, -0.2) is 68.5 Å². The molecule has 1 fully saturated rings. The van der Waals surface area contributed by atoms with Gasteiger partial charge in [-0.1, -0.05) is 6.07 Å². The average Bonchev–Trinajstić information content (AvgIpc) is 2.68. The highest BCUT2D eigenvalue weighted by Gasteiger charge is 2.64. The van der Waals surface area contributed by atoms with Gasteiger partial charge in [0.2, 0.25) is 5.78 Å². The molecule has 9 heteroatoms.